The van der Waals surface area contributed by atoms with Crippen molar-refractivity contribution in [2.45, 2.75) is 19.9 Å². The van der Waals surface area contributed by atoms with Crippen molar-refractivity contribution in [3.05, 3.63) is 107 Å². The van der Waals surface area contributed by atoms with Crippen LogP contribution in [0, 0.1) is 18.3 Å². The molecule has 4 rings (SSSR count). The van der Waals surface area contributed by atoms with Crippen LogP contribution < -0.4 is 10.2 Å². The fourth-order valence-corrected chi connectivity index (χ4v) is 3.84. The van der Waals surface area contributed by atoms with Gasteiger partial charge in [-0.1, -0.05) is 48.5 Å². The summed E-state index contributed by atoms with van der Waals surface area (Å²) in [6.07, 6.45) is 5.07. The lowest BCUT2D eigenvalue weighted by molar-refractivity contribution is -0.107. The van der Waals surface area contributed by atoms with Crippen molar-refractivity contribution in [2.75, 3.05) is 16.8 Å². The molecular formula is C28H25N5O. The number of nitrogens with zero attached hydrogens (tertiary/aromatic N) is 4. The molecule has 0 aliphatic heterocycles. The van der Waals surface area contributed by atoms with E-state index in [9.17, 15) is 10.1 Å². The lowest BCUT2D eigenvalue weighted by Gasteiger charge is -2.22. The number of carbonyl (C=O) groups is 1. The van der Waals surface area contributed by atoms with Gasteiger partial charge in [-0.05, 0) is 54.3 Å². The third kappa shape index (κ3) is 5.28. The minimum Gasteiger partial charge on any atom is -0.368 e. The number of carbonyl (C=O) groups excluding carboxylic acids is 1. The van der Waals surface area contributed by atoms with Crippen molar-refractivity contribution in [3.8, 4) is 17.3 Å². The number of rotatable bonds is 9. The Kier molecular flexibility index (Phi) is 7.26. The number of aryl methyl sites for hydroxylation is 1. The summed E-state index contributed by atoms with van der Waals surface area (Å²) in [5.74, 6) is 0.592. The van der Waals surface area contributed by atoms with Crippen molar-refractivity contribution in [1.29, 1.82) is 5.26 Å². The average molecular weight is 448 g/mol. The zero-order chi connectivity index (χ0) is 23.8. The number of amides is 1. The predicted molar refractivity (Wildman–Crippen MR) is 134 cm³/mol. The van der Waals surface area contributed by atoms with E-state index in [1.807, 2.05) is 54.6 Å². The first-order chi connectivity index (χ1) is 16.7. The van der Waals surface area contributed by atoms with Gasteiger partial charge < -0.3 is 10.2 Å². The van der Waals surface area contributed by atoms with Gasteiger partial charge in [-0.15, -0.1) is 0 Å². The normalized spacial score (nSPS) is 10.4. The molecule has 0 radical (unpaired) electrons. The lowest BCUT2D eigenvalue weighted by atomic mass is 10.0. The largest absolute Gasteiger partial charge is 0.368 e. The molecule has 0 saturated heterocycles. The summed E-state index contributed by atoms with van der Waals surface area (Å²) >= 11 is 0. The number of aromatic nitrogens is 2. The first kappa shape index (κ1) is 22.7. The SMILES string of the molecule is Cc1ccccc1CCNc1nc(-c2ccccc2C#N)ccc1N(C=O)Cc1cccnc1. The molecule has 1 amide bonds. The molecular weight excluding hydrogens is 422 g/mol. The summed E-state index contributed by atoms with van der Waals surface area (Å²) in [6.45, 7) is 3.12. The van der Waals surface area contributed by atoms with Gasteiger partial charge >= 0.3 is 0 Å². The lowest BCUT2D eigenvalue weighted by Crippen LogP contribution is -2.23. The summed E-state index contributed by atoms with van der Waals surface area (Å²) in [5, 5.41) is 13.0. The van der Waals surface area contributed by atoms with Crippen LogP contribution in [-0.2, 0) is 17.8 Å². The van der Waals surface area contributed by atoms with Crippen LogP contribution in [0.3, 0.4) is 0 Å². The molecule has 0 spiro atoms. The number of anilines is 2. The smallest absolute Gasteiger partial charge is 0.214 e. The number of nitrogens with one attached hydrogen (secondary N) is 1. The van der Waals surface area contributed by atoms with E-state index in [1.54, 1.807) is 23.4 Å². The highest BCUT2D eigenvalue weighted by atomic mass is 16.1. The average Bonchev–Trinajstić information content (AvgIpc) is 2.89. The number of benzene rings is 2. The number of pyridine rings is 2. The summed E-state index contributed by atoms with van der Waals surface area (Å²) in [5.41, 5.74) is 6.05. The van der Waals surface area contributed by atoms with Gasteiger partial charge in [0.1, 0.15) is 0 Å². The maximum atomic E-state index is 12.1. The summed E-state index contributed by atoms with van der Waals surface area (Å²) in [7, 11) is 0. The second-order valence-corrected chi connectivity index (χ2v) is 7.92. The predicted octanol–water partition coefficient (Wildman–Crippen LogP) is 5.14. The molecule has 168 valence electrons. The van der Waals surface area contributed by atoms with Crippen LogP contribution in [0.5, 0.6) is 0 Å². The van der Waals surface area contributed by atoms with Crippen LogP contribution >= 0.6 is 0 Å². The molecule has 2 aromatic heterocycles. The van der Waals surface area contributed by atoms with Crippen LogP contribution in [-0.4, -0.2) is 22.9 Å². The van der Waals surface area contributed by atoms with Gasteiger partial charge in [0.15, 0.2) is 5.82 Å². The molecule has 0 aliphatic carbocycles. The van der Waals surface area contributed by atoms with Gasteiger partial charge in [0.05, 0.1) is 29.6 Å². The fourth-order valence-electron chi connectivity index (χ4n) is 3.84. The standard InChI is InChI=1S/C28H25N5O/c1-21-7-2-3-9-23(21)14-16-31-28-27(33(20-34)19-22-8-6-15-30-18-22)13-12-26(32-28)25-11-5-4-10-24(25)17-29/h2-13,15,18,20H,14,16,19H2,1H3,(H,31,32). The van der Waals surface area contributed by atoms with E-state index in [4.69, 9.17) is 4.98 Å². The van der Waals surface area contributed by atoms with E-state index < -0.39 is 0 Å². The van der Waals surface area contributed by atoms with Crippen molar-refractivity contribution in [1.82, 2.24) is 9.97 Å². The van der Waals surface area contributed by atoms with Crippen LogP contribution in [0.15, 0.2) is 85.2 Å². The fraction of sp³-hybridized carbons (Fsp3) is 0.143. The molecule has 0 atom stereocenters. The minimum absolute atomic E-state index is 0.375. The van der Waals surface area contributed by atoms with Crippen molar-refractivity contribution in [3.63, 3.8) is 0 Å². The molecule has 0 bridgehead atoms. The minimum atomic E-state index is 0.375. The molecule has 0 saturated carbocycles. The summed E-state index contributed by atoms with van der Waals surface area (Å²) in [6, 6.07) is 25.4. The van der Waals surface area contributed by atoms with Crippen molar-refractivity contribution >= 4 is 17.9 Å². The Balaban J connectivity index is 1.67. The molecule has 0 unspecified atom stereocenters. The number of hydrogen-bond acceptors (Lipinski definition) is 5. The van der Waals surface area contributed by atoms with E-state index in [-0.39, 0.29) is 0 Å². The van der Waals surface area contributed by atoms with Gasteiger partial charge in [-0.2, -0.15) is 5.26 Å². The van der Waals surface area contributed by atoms with Crippen LogP contribution in [0.2, 0.25) is 0 Å². The Bertz CT molecular complexity index is 1310. The molecule has 6 nitrogen and oxygen atoms in total. The highest BCUT2D eigenvalue weighted by molar-refractivity contribution is 5.83. The Labute approximate surface area is 199 Å². The van der Waals surface area contributed by atoms with Crippen molar-refractivity contribution < 1.29 is 4.79 Å². The zero-order valence-corrected chi connectivity index (χ0v) is 19.0. The van der Waals surface area contributed by atoms with E-state index in [1.165, 1.54) is 11.1 Å². The molecule has 6 heteroatoms. The first-order valence-electron chi connectivity index (χ1n) is 11.1. The van der Waals surface area contributed by atoms with Gasteiger partial charge in [-0.25, -0.2) is 4.98 Å². The highest BCUT2D eigenvalue weighted by Crippen LogP contribution is 2.30. The van der Waals surface area contributed by atoms with E-state index in [0.29, 0.717) is 35.9 Å². The number of nitriles is 1. The molecule has 2 aromatic carbocycles. The van der Waals surface area contributed by atoms with Crippen LogP contribution in [0.1, 0.15) is 22.3 Å². The topological polar surface area (TPSA) is 81.9 Å². The molecule has 2 heterocycles. The molecule has 0 aliphatic rings. The van der Waals surface area contributed by atoms with E-state index in [2.05, 4.69) is 35.4 Å². The maximum Gasteiger partial charge on any atom is 0.214 e. The molecule has 4 aromatic rings. The highest BCUT2D eigenvalue weighted by Gasteiger charge is 2.16. The third-order valence-corrected chi connectivity index (χ3v) is 5.66. The van der Waals surface area contributed by atoms with Crippen LogP contribution in [0.25, 0.3) is 11.3 Å². The summed E-state index contributed by atoms with van der Waals surface area (Å²) in [4.78, 5) is 22.7. The van der Waals surface area contributed by atoms with Gasteiger partial charge in [0.2, 0.25) is 6.41 Å². The Morgan fingerprint density at radius 3 is 2.62 bits per heavy atom. The third-order valence-electron chi connectivity index (χ3n) is 5.66. The number of hydrogen-bond donors (Lipinski definition) is 1. The molecule has 0 fully saturated rings. The molecule has 34 heavy (non-hydrogen) atoms. The zero-order valence-electron chi connectivity index (χ0n) is 19.0. The van der Waals surface area contributed by atoms with Gasteiger partial charge in [-0.3, -0.25) is 9.78 Å². The molecule has 1 N–H and O–H groups in total. The first-order valence-corrected chi connectivity index (χ1v) is 11.1. The second kappa shape index (κ2) is 10.9. The Morgan fingerprint density at radius 1 is 1.03 bits per heavy atom. The summed E-state index contributed by atoms with van der Waals surface area (Å²) < 4.78 is 0. The second-order valence-electron chi connectivity index (χ2n) is 7.92. The Morgan fingerprint density at radius 2 is 1.85 bits per heavy atom. The van der Waals surface area contributed by atoms with Crippen LogP contribution in [0.4, 0.5) is 11.5 Å². The van der Waals surface area contributed by atoms with Gasteiger partial charge in [0, 0.05) is 24.5 Å². The Hall–Kier alpha value is -4.50. The van der Waals surface area contributed by atoms with Crippen molar-refractivity contribution in [2.24, 2.45) is 0 Å². The van der Waals surface area contributed by atoms with E-state index >= 15 is 0 Å². The monoisotopic (exact) mass is 447 g/mol. The maximum absolute atomic E-state index is 12.1. The van der Waals surface area contributed by atoms with E-state index in [0.717, 1.165) is 24.0 Å². The quantitative estimate of drug-likeness (QED) is 0.359. The van der Waals surface area contributed by atoms with Gasteiger partial charge in [0.25, 0.3) is 0 Å².